The molecule has 2 aromatic carbocycles. The van der Waals surface area contributed by atoms with Gasteiger partial charge in [-0.1, -0.05) is 42.5 Å². The quantitative estimate of drug-likeness (QED) is 0.515. The molecule has 0 saturated carbocycles. The summed E-state index contributed by atoms with van der Waals surface area (Å²) in [5.74, 6) is 0. The maximum atomic E-state index is 11.4. The fourth-order valence-corrected chi connectivity index (χ4v) is 4.96. The van der Waals surface area contributed by atoms with Crippen molar-refractivity contribution in [2.75, 3.05) is 0 Å². The summed E-state index contributed by atoms with van der Waals surface area (Å²) in [6, 6.07) is 12.4. The normalized spacial score (nSPS) is 14.5. The van der Waals surface area contributed by atoms with Gasteiger partial charge in [0.25, 0.3) is 5.52 Å². The van der Waals surface area contributed by atoms with Gasteiger partial charge in [-0.15, -0.1) is 0 Å². The average molecular weight is 346 g/mol. The summed E-state index contributed by atoms with van der Waals surface area (Å²) in [6.45, 7) is 1.65. The first-order valence-electron chi connectivity index (χ1n) is 6.54. The minimum Gasteiger partial charge on any atom is -0.320 e. The molecule has 22 heavy (non-hydrogen) atoms. The van der Waals surface area contributed by atoms with Crippen LogP contribution in [0.25, 0.3) is 10.8 Å². The first-order chi connectivity index (χ1) is 10.1. The van der Waals surface area contributed by atoms with Crippen molar-refractivity contribution >= 4 is 26.0 Å². The molecule has 120 valence electrons. The van der Waals surface area contributed by atoms with E-state index in [1.54, 1.807) is 19.1 Å². The first-order valence-corrected chi connectivity index (χ1v) is 9.90. The van der Waals surface area contributed by atoms with Crippen LogP contribution in [0.2, 0.25) is 0 Å². The Balaban J connectivity index is 2.40. The highest BCUT2D eigenvalue weighted by atomic mass is 31.2. The Morgan fingerprint density at radius 2 is 1.45 bits per heavy atom. The summed E-state index contributed by atoms with van der Waals surface area (Å²) >= 11 is 0. The summed E-state index contributed by atoms with van der Waals surface area (Å²) in [7, 11) is -9.90. The van der Waals surface area contributed by atoms with E-state index in [0.717, 1.165) is 21.7 Å². The standard InChI is InChI=1S/C13H17NO6P2/c1-9(14-13(21(15,16)17)22(18,19)20)11-8-4-6-10-5-2-3-7-12(10)11/h2-9,13-14H,1H3,(H2,15,16,17)(H2,18,19,20)/p+1/t9-/m1/s1. The van der Waals surface area contributed by atoms with Crippen molar-refractivity contribution in [2.45, 2.75) is 18.5 Å². The van der Waals surface area contributed by atoms with Gasteiger partial charge in [0, 0.05) is 5.56 Å². The van der Waals surface area contributed by atoms with E-state index in [2.05, 4.69) is 0 Å². The minimum atomic E-state index is -4.95. The molecule has 0 unspecified atom stereocenters. The molecule has 0 amide bonds. The van der Waals surface area contributed by atoms with E-state index in [4.69, 9.17) is 0 Å². The average Bonchev–Trinajstić information content (AvgIpc) is 2.41. The SMILES string of the molecule is C[C@@H]([NH2+]C(P(=O)(O)O)P(=O)(O)O)c1cccc2ccccc12. The van der Waals surface area contributed by atoms with Crippen molar-refractivity contribution < 1.29 is 34.0 Å². The zero-order valence-electron chi connectivity index (χ0n) is 11.8. The Hall–Kier alpha value is -1.04. The highest BCUT2D eigenvalue weighted by molar-refractivity contribution is 7.70. The summed E-state index contributed by atoms with van der Waals surface area (Å²) in [5.41, 5.74) is -1.35. The molecule has 0 heterocycles. The van der Waals surface area contributed by atoms with Crippen LogP contribution in [0.1, 0.15) is 18.5 Å². The van der Waals surface area contributed by atoms with Crippen LogP contribution in [0.3, 0.4) is 0 Å². The van der Waals surface area contributed by atoms with Crippen molar-refractivity contribution in [1.29, 1.82) is 0 Å². The monoisotopic (exact) mass is 346 g/mol. The largest absolute Gasteiger partial charge is 0.395 e. The lowest BCUT2D eigenvalue weighted by atomic mass is 10.00. The maximum Gasteiger partial charge on any atom is 0.395 e. The molecule has 9 heteroatoms. The van der Waals surface area contributed by atoms with Crippen LogP contribution in [0.5, 0.6) is 0 Å². The number of rotatable bonds is 5. The summed E-state index contributed by atoms with van der Waals surface area (Å²) < 4.78 is 22.8. The lowest BCUT2D eigenvalue weighted by Gasteiger charge is -2.22. The lowest BCUT2D eigenvalue weighted by Crippen LogP contribution is -2.89. The molecule has 1 atom stereocenters. The van der Waals surface area contributed by atoms with Crippen molar-refractivity contribution in [3.05, 3.63) is 48.0 Å². The molecule has 2 aromatic rings. The molecule has 0 bridgehead atoms. The number of hydrogen-bond donors (Lipinski definition) is 5. The van der Waals surface area contributed by atoms with Gasteiger partial charge in [0.05, 0.1) is 0 Å². The van der Waals surface area contributed by atoms with E-state index >= 15 is 0 Å². The lowest BCUT2D eigenvalue weighted by molar-refractivity contribution is -0.693. The van der Waals surface area contributed by atoms with Crippen LogP contribution in [-0.2, 0) is 9.13 Å². The van der Waals surface area contributed by atoms with Gasteiger partial charge >= 0.3 is 15.2 Å². The van der Waals surface area contributed by atoms with Gasteiger partial charge < -0.3 is 24.9 Å². The molecular weight excluding hydrogens is 328 g/mol. The fourth-order valence-electron chi connectivity index (χ4n) is 2.43. The molecule has 0 aromatic heterocycles. The molecular formula is C13H18NO6P2+. The van der Waals surface area contributed by atoms with Gasteiger partial charge in [0.2, 0.25) is 0 Å². The number of fused-ring (bicyclic) bond motifs is 1. The third-order valence-corrected chi connectivity index (χ3v) is 6.99. The maximum absolute atomic E-state index is 11.4. The molecule has 0 aliphatic carbocycles. The first kappa shape index (κ1) is 17.3. The second-order valence-corrected chi connectivity index (χ2v) is 9.02. The summed E-state index contributed by atoms with van der Waals surface area (Å²) in [5, 5.41) is 2.87. The zero-order chi connectivity index (χ0) is 16.5. The van der Waals surface area contributed by atoms with Crippen LogP contribution in [-0.4, -0.2) is 25.1 Å². The van der Waals surface area contributed by atoms with E-state index in [9.17, 15) is 28.7 Å². The smallest absolute Gasteiger partial charge is 0.320 e. The third kappa shape index (κ3) is 3.83. The van der Waals surface area contributed by atoms with Crippen molar-refractivity contribution in [2.24, 2.45) is 0 Å². The van der Waals surface area contributed by atoms with Gasteiger partial charge in [-0.05, 0) is 17.7 Å². The molecule has 2 rings (SSSR count). The van der Waals surface area contributed by atoms with Gasteiger partial charge in [-0.2, -0.15) is 0 Å². The van der Waals surface area contributed by atoms with E-state index in [1.165, 1.54) is 0 Å². The van der Waals surface area contributed by atoms with Gasteiger partial charge in [0.15, 0.2) is 0 Å². The second-order valence-electron chi connectivity index (χ2n) is 5.14. The Morgan fingerprint density at radius 3 is 2.05 bits per heavy atom. The molecule has 0 spiro atoms. The van der Waals surface area contributed by atoms with E-state index in [0.29, 0.717) is 0 Å². The topological polar surface area (TPSA) is 132 Å². The summed E-state index contributed by atoms with van der Waals surface area (Å²) in [6.07, 6.45) is 0. The molecule has 0 radical (unpaired) electrons. The van der Waals surface area contributed by atoms with Crippen LogP contribution in [0.4, 0.5) is 0 Å². The third-order valence-electron chi connectivity index (χ3n) is 3.46. The van der Waals surface area contributed by atoms with Crippen molar-refractivity contribution in [3.63, 3.8) is 0 Å². The Morgan fingerprint density at radius 1 is 0.909 bits per heavy atom. The molecule has 0 aliphatic heterocycles. The minimum absolute atomic E-state index is 0.531. The Labute approximate surface area is 127 Å². The predicted molar refractivity (Wildman–Crippen MR) is 82.2 cm³/mol. The number of quaternary nitrogens is 1. The Bertz CT molecular complexity index is 741. The van der Waals surface area contributed by atoms with E-state index in [1.807, 2.05) is 30.3 Å². The molecule has 7 nitrogen and oxygen atoms in total. The van der Waals surface area contributed by atoms with Gasteiger partial charge in [-0.3, -0.25) is 9.13 Å². The van der Waals surface area contributed by atoms with Crippen molar-refractivity contribution in [3.8, 4) is 0 Å². The van der Waals surface area contributed by atoms with Crippen LogP contribution in [0, 0.1) is 0 Å². The summed E-state index contributed by atoms with van der Waals surface area (Å²) in [4.78, 5) is 36.8. The molecule has 0 fully saturated rings. The van der Waals surface area contributed by atoms with Crippen LogP contribution in [0.15, 0.2) is 42.5 Å². The van der Waals surface area contributed by atoms with E-state index < -0.39 is 26.8 Å². The number of hydrogen-bond acceptors (Lipinski definition) is 2. The highest BCUT2D eigenvalue weighted by Crippen LogP contribution is 2.56. The van der Waals surface area contributed by atoms with Gasteiger partial charge in [-0.25, -0.2) is 0 Å². The van der Waals surface area contributed by atoms with Gasteiger partial charge in [0.1, 0.15) is 6.04 Å². The Kier molecular flexibility index (Phi) is 4.90. The highest BCUT2D eigenvalue weighted by Gasteiger charge is 2.48. The molecule has 6 N–H and O–H groups in total. The fraction of sp³-hybridized carbons (Fsp3) is 0.231. The predicted octanol–water partition coefficient (Wildman–Crippen LogP) is 1.10. The molecule has 0 saturated heterocycles. The number of benzene rings is 2. The van der Waals surface area contributed by atoms with Crippen molar-refractivity contribution in [1.82, 2.24) is 0 Å². The van der Waals surface area contributed by atoms with E-state index in [-0.39, 0.29) is 0 Å². The van der Waals surface area contributed by atoms with Crippen LogP contribution < -0.4 is 5.32 Å². The second kappa shape index (κ2) is 6.22. The molecule has 0 aliphatic rings. The van der Waals surface area contributed by atoms with Crippen LogP contribution >= 0.6 is 15.2 Å². The number of nitrogens with two attached hydrogens (primary N) is 1. The zero-order valence-corrected chi connectivity index (χ0v) is 13.6.